The minimum atomic E-state index is -0.185. The Hall–Kier alpha value is -3.08. The van der Waals surface area contributed by atoms with Crippen LogP contribution in [0.15, 0.2) is 53.1 Å². The summed E-state index contributed by atoms with van der Waals surface area (Å²) in [6, 6.07) is 13.2. The lowest BCUT2D eigenvalue weighted by Crippen LogP contribution is -2.42. The summed E-state index contributed by atoms with van der Waals surface area (Å²) in [5.41, 5.74) is 4.10. The van der Waals surface area contributed by atoms with Gasteiger partial charge in [0.05, 0.1) is 24.1 Å². The van der Waals surface area contributed by atoms with Crippen LogP contribution in [0.1, 0.15) is 11.1 Å². The third-order valence-corrected chi connectivity index (χ3v) is 4.22. The van der Waals surface area contributed by atoms with Gasteiger partial charge < -0.3 is 14.6 Å². The Morgan fingerprint density at radius 1 is 1.25 bits per heavy atom. The van der Waals surface area contributed by atoms with Crippen molar-refractivity contribution in [2.75, 3.05) is 16.8 Å². The highest BCUT2D eigenvalue weighted by molar-refractivity contribution is 6.10. The number of hydrogen-bond donors (Lipinski definition) is 1. The number of rotatable bonds is 2. The van der Waals surface area contributed by atoms with Crippen molar-refractivity contribution in [2.45, 2.75) is 13.3 Å². The Bertz CT molecular complexity index is 958. The molecule has 0 bridgehead atoms. The molecule has 120 valence electrons. The molecule has 2 aromatic carbocycles. The van der Waals surface area contributed by atoms with Crippen LogP contribution in [0.2, 0.25) is 0 Å². The van der Waals surface area contributed by atoms with Crippen LogP contribution in [0.25, 0.3) is 11.0 Å². The minimum Gasteiger partial charge on any atom is -0.464 e. The van der Waals surface area contributed by atoms with E-state index in [0.717, 1.165) is 27.8 Å². The van der Waals surface area contributed by atoms with Crippen LogP contribution in [0.5, 0.6) is 0 Å². The van der Waals surface area contributed by atoms with E-state index in [2.05, 4.69) is 5.32 Å². The molecule has 24 heavy (non-hydrogen) atoms. The molecule has 1 N–H and O–H groups in total. The van der Waals surface area contributed by atoms with Gasteiger partial charge in [0.1, 0.15) is 12.1 Å². The summed E-state index contributed by atoms with van der Waals surface area (Å²) >= 11 is 0. The zero-order valence-corrected chi connectivity index (χ0v) is 13.2. The van der Waals surface area contributed by atoms with Crippen molar-refractivity contribution in [3.05, 3.63) is 59.9 Å². The van der Waals surface area contributed by atoms with Crippen molar-refractivity contribution in [1.29, 1.82) is 0 Å². The molecule has 5 nitrogen and oxygen atoms in total. The number of fused-ring (bicyclic) bond motifs is 2. The highest BCUT2D eigenvalue weighted by Gasteiger charge is 2.27. The lowest BCUT2D eigenvalue weighted by molar-refractivity contribution is -0.121. The van der Waals surface area contributed by atoms with Gasteiger partial charge >= 0.3 is 0 Å². The zero-order valence-electron chi connectivity index (χ0n) is 13.2. The molecular formula is C19H16N2O3. The second kappa shape index (κ2) is 5.53. The molecule has 0 saturated heterocycles. The third-order valence-electron chi connectivity index (χ3n) is 4.22. The fourth-order valence-electron chi connectivity index (χ4n) is 3.04. The third kappa shape index (κ3) is 2.44. The van der Waals surface area contributed by atoms with E-state index in [1.165, 1.54) is 4.90 Å². The summed E-state index contributed by atoms with van der Waals surface area (Å²) in [7, 11) is 0. The van der Waals surface area contributed by atoms with Crippen molar-refractivity contribution in [1.82, 2.24) is 0 Å². The Balaban J connectivity index is 1.65. The first-order valence-corrected chi connectivity index (χ1v) is 7.78. The number of nitrogens with one attached hydrogen (secondary N) is 1. The fourth-order valence-corrected chi connectivity index (χ4v) is 3.04. The molecule has 1 aromatic heterocycles. The number of nitrogens with zero attached hydrogens (tertiary/aromatic N) is 1. The van der Waals surface area contributed by atoms with Gasteiger partial charge in [0.2, 0.25) is 11.8 Å². The van der Waals surface area contributed by atoms with Gasteiger partial charge in [0, 0.05) is 10.9 Å². The van der Waals surface area contributed by atoms with Gasteiger partial charge in [-0.25, -0.2) is 0 Å². The molecule has 0 radical (unpaired) electrons. The van der Waals surface area contributed by atoms with Crippen LogP contribution in [0, 0.1) is 6.92 Å². The second-order valence-corrected chi connectivity index (χ2v) is 5.98. The average Bonchev–Trinajstić information content (AvgIpc) is 2.95. The van der Waals surface area contributed by atoms with Gasteiger partial charge in [0.25, 0.3) is 0 Å². The highest BCUT2D eigenvalue weighted by Crippen LogP contribution is 2.30. The van der Waals surface area contributed by atoms with E-state index in [-0.39, 0.29) is 24.8 Å². The van der Waals surface area contributed by atoms with Gasteiger partial charge in [-0.15, -0.1) is 0 Å². The molecule has 3 aromatic rings. The first-order valence-electron chi connectivity index (χ1n) is 7.78. The molecule has 0 atom stereocenters. The van der Waals surface area contributed by atoms with Gasteiger partial charge in [0.15, 0.2) is 0 Å². The van der Waals surface area contributed by atoms with Gasteiger partial charge in [-0.1, -0.05) is 24.3 Å². The maximum absolute atomic E-state index is 12.8. The van der Waals surface area contributed by atoms with E-state index in [0.29, 0.717) is 5.69 Å². The maximum atomic E-state index is 12.8. The van der Waals surface area contributed by atoms with E-state index in [4.69, 9.17) is 4.42 Å². The normalized spacial score (nSPS) is 13.7. The molecular weight excluding hydrogens is 304 g/mol. The van der Waals surface area contributed by atoms with Crippen LogP contribution >= 0.6 is 0 Å². The van der Waals surface area contributed by atoms with E-state index < -0.39 is 0 Å². The highest BCUT2D eigenvalue weighted by atomic mass is 16.3. The van der Waals surface area contributed by atoms with E-state index in [1.54, 1.807) is 12.3 Å². The van der Waals surface area contributed by atoms with E-state index in [1.807, 2.05) is 43.3 Å². The summed E-state index contributed by atoms with van der Waals surface area (Å²) in [5, 5.41) is 3.72. The Kier molecular flexibility index (Phi) is 3.34. The first kappa shape index (κ1) is 14.5. The number of carbonyl (C=O) groups is 2. The number of anilines is 2. The second-order valence-electron chi connectivity index (χ2n) is 5.98. The quantitative estimate of drug-likeness (QED) is 0.788. The molecule has 5 heteroatoms. The topological polar surface area (TPSA) is 62.6 Å². The van der Waals surface area contributed by atoms with Crippen LogP contribution in [0.4, 0.5) is 11.4 Å². The molecule has 0 spiro atoms. The lowest BCUT2D eigenvalue weighted by atomic mass is 10.1. The fraction of sp³-hybridized carbons (Fsp3) is 0.158. The van der Waals surface area contributed by atoms with Crippen LogP contribution in [0.3, 0.4) is 0 Å². The van der Waals surface area contributed by atoms with Crippen molar-refractivity contribution in [2.24, 2.45) is 0 Å². The maximum Gasteiger partial charge on any atom is 0.244 e. The summed E-state index contributed by atoms with van der Waals surface area (Å²) in [6.45, 7) is 2.03. The molecule has 1 aliphatic heterocycles. The van der Waals surface area contributed by atoms with Crippen LogP contribution < -0.4 is 10.2 Å². The summed E-state index contributed by atoms with van der Waals surface area (Å²) in [4.78, 5) is 26.2. The first-order chi connectivity index (χ1) is 11.6. The number of amides is 2. The molecule has 2 heterocycles. The summed E-state index contributed by atoms with van der Waals surface area (Å²) in [5.74, 6) is -0.310. The number of carbonyl (C=O) groups excluding carboxylic acids is 2. The van der Waals surface area contributed by atoms with Crippen molar-refractivity contribution in [3.63, 3.8) is 0 Å². The summed E-state index contributed by atoms with van der Waals surface area (Å²) < 4.78 is 5.56. The van der Waals surface area contributed by atoms with Crippen molar-refractivity contribution < 1.29 is 14.0 Å². The van der Waals surface area contributed by atoms with E-state index >= 15 is 0 Å². The molecule has 0 unspecified atom stereocenters. The lowest BCUT2D eigenvalue weighted by Gasteiger charge is -2.29. The van der Waals surface area contributed by atoms with Crippen molar-refractivity contribution in [3.8, 4) is 0 Å². The number of furan rings is 1. The Morgan fingerprint density at radius 3 is 2.96 bits per heavy atom. The van der Waals surface area contributed by atoms with Gasteiger partial charge in [-0.3, -0.25) is 9.59 Å². The number of aryl methyl sites for hydroxylation is 1. The zero-order chi connectivity index (χ0) is 16.7. The predicted molar refractivity (Wildman–Crippen MR) is 92.1 cm³/mol. The average molecular weight is 320 g/mol. The summed E-state index contributed by atoms with van der Waals surface area (Å²) in [6.07, 6.45) is 1.82. The monoisotopic (exact) mass is 320 g/mol. The largest absolute Gasteiger partial charge is 0.464 e. The molecule has 4 rings (SSSR count). The standard InChI is InChI=1S/C19H16N2O3/c1-12-6-7-14-13(11-24-17(14)8-12)9-19(23)21-10-18(22)20-15-4-2-3-5-16(15)21/h2-8,11H,9-10H2,1H3,(H,20,22). The van der Waals surface area contributed by atoms with E-state index in [9.17, 15) is 9.59 Å². The smallest absolute Gasteiger partial charge is 0.244 e. The van der Waals surface area contributed by atoms with Gasteiger partial charge in [-0.2, -0.15) is 0 Å². The number of hydrogen-bond acceptors (Lipinski definition) is 3. The predicted octanol–water partition coefficient (Wildman–Crippen LogP) is 3.27. The Morgan fingerprint density at radius 2 is 2.08 bits per heavy atom. The number of benzene rings is 2. The molecule has 1 aliphatic rings. The molecule has 2 amide bonds. The molecule has 0 aliphatic carbocycles. The molecule has 0 saturated carbocycles. The van der Waals surface area contributed by atoms with Crippen LogP contribution in [-0.4, -0.2) is 18.4 Å². The number of para-hydroxylation sites is 2. The SMILES string of the molecule is Cc1ccc2c(CC(=O)N3CC(=O)Nc4ccccc43)coc2c1. The molecule has 0 fully saturated rings. The Labute approximate surface area is 138 Å². The van der Waals surface area contributed by atoms with Crippen molar-refractivity contribution >= 4 is 34.2 Å². The van der Waals surface area contributed by atoms with Gasteiger partial charge in [-0.05, 0) is 30.7 Å². The van der Waals surface area contributed by atoms with Crippen LogP contribution in [-0.2, 0) is 16.0 Å². The minimum absolute atomic E-state index is 0.0325.